The van der Waals surface area contributed by atoms with Gasteiger partial charge in [-0.2, -0.15) is 4.31 Å². The molecular weight excluding hydrogens is 328 g/mol. The molecular formula is C16H20N4O3S. The van der Waals surface area contributed by atoms with Gasteiger partial charge in [-0.3, -0.25) is 0 Å². The Morgan fingerprint density at radius 1 is 1.00 bits per heavy atom. The van der Waals surface area contributed by atoms with Crippen LogP contribution in [0.25, 0.3) is 11.3 Å². The number of hydrogen-bond donors (Lipinski definition) is 0. The van der Waals surface area contributed by atoms with Crippen LogP contribution in [0.15, 0.2) is 36.4 Å². The highest BCUT2D eigenvalue weighted by molar-refractivity contribution is 7.88. The molecule has 3 rings (SSSR count). The Balaban J connectivity index is 1.74. The largest absolute Gasteiger partial charge is 0.496 e. The number of methoxy groups -OCH3 is 1. The Bertz CT molecular complexity index is 800. The summed E-state index contributed by atoms with van der Waals surface area (Å²) in [5.74, 6) is 1.50. The number of piperazine rings is 1. The summed E-state index contributed by atoms with van der Waals surface area (Å²) >= 11 is 0. The van der Waals surface area contributed by atoms with Crippen molar-refractivity contribution in [2.24, 2.45) is 0 Å². The minimum Gasteiger partial charge on any atom is -0.496 e. The minimum absolute atomic E-state index is 0.467. The summed E-state index contributed by atoms with van der Waals surface area (Å²) in [6.45, 7) is 2.15. The Morgan fingerprint density at radius 3 is 2.29 bits per heavy atom. The number of benzene rings is 1. The number of para-hydroxylation sites is 1. The monoisotopic (exact) mass is 348 g/mol. The molecule has 1 aliphatic rings. The molecule has 0 saturated carbocycles. The van der Waals surface area contributed by atoms with Crippen molar-refractivity contribution in [3.8, 4) is 17.0 Å². The van der Waals surface area contributed by atoms with Crippen molar-refractivity contribution >= 4 is 15.8 Å². The molecule has 1 saturated heterocycles. The lowest BCUT2D eigenvalue weighted by Crippen LogP contribution is -2.48. The number of ether oxygens (including phenoxy) is 1. The van der Waals surface area contributed by atoms with Crippen LogP contribution in [0.5, 0.6) is 5.75 Å². The average molecular weight is 348 g/mol. The second-order valence-electron chi connectivity index (χ2n) is 5.63. The first-order chi connectivity index (χ1) is 11.5. The molecule has 2 heterocycles. The maximum Gasteiger partial charge on any atom is 0.211 e. The highest BCUT2D eigenvalue weighted by Crippen LogP contribution is 2.28. The number of sulfonamides is 1. The lowest BCUT2D eigenvalue weighted by molar-refractivity contribution is 0.386. The molecule has 1 aliphatic heterocycles. The van der Waals surface area contributed by atoms with Gasteiger partial charge in [0.15, 0.2) is 5.82 Å². The first-order valence-electron chi connectivity index (χ1n) is 7.66. The van der Waals surface area contributed by atoms with Crippen molar-refractivity contribution < 1.29 is 13.2 Å². The van der Waals surface area contributed by atoms with Gasteiger partial charge in [0.2, 0.25) is 10.0 Å². The highest BCUT2D eigenvalue weighted by Gasteiger charge is 2.24. The van der Waals surface area contributed by atoms with Crippen LogP contribution in [0, 0.1) is 0 Å². The maximum absolute atomic E-state index is 11.6. The summed E-state index contributed by atoms with van der Waals surface area (Å²) in [5.41, 5.74) is 1.63. The molecule has 1 aromatic carbocycles. The normalized spacial score (nSPS) is 16.2. The van der Waals surface area contributed by atoms with E-state index in [0.29, 0.717) is 26.2 Å². The molecule has 2 aromatic rings. The van der Waals surface area contributed by atoms with Gasteiger partial charge in [0.05, 0.1) is 19.1 Å². The third-order valence-electron chi connectivity index (χ3n) is 4.07. The molecule has 128 valence electrons. The summed E-state index contributed by atoms with van der Waals surface area (Å²) in [7, 11) is -1.50. The van der Waals surface area contributed by atoms with Gasteiger partial charge in [-0.15, -0.1) is 10.2 Å². The molecule has 0 amide bonds. The molecule has 1 fully saturated rings. The van der Waals surface area contributed by atoms with Crippen LogP contribution in [0.2, 0.25) is 0 Å². The van der Waals surface area contributed by atoms with Crippen molar-refractivity contribution in [2.75, 3.05) is 44.4 Å². The van der Waals surface area contributed by atoms with Crippen molar-refractivity contribution in [1.82, 2.24) is 14.5 Å². The maximum atomic E-state index is 11.6. The molecule has 7 nitrogen and oxygen atoms in total. The van der Waals surface area contributed by atoms with E-state index in [-0.39, 0.29) is 0 Å². The second-order valence-corrected chi connectivity index (χ2v) is 7.61. The minimum atomic E-state index is -3.13. The zero-order chi connectivity index (χ0) is 17.2. The molecule has 0 aliphatic carbocycles. The Labute approximate surface area is 141 Å². The van der Waals surface area contributed by atoms with Crippen LogP contribution in [0.4, 0.5) is 5.82 Å². The van der Waals surface area contributed by atoms with Gasteiger partial charge < -0.3 is 9.64 Å². The molecule has 0 unspecified atom stereocenters. The van der Waals surface area contributed by atoms with Crippen molar-refractivity contribution in [2.45, 2.75) is 0 Å². The first kappa shape index (κ1) is 16.7. The van der Waals surface area contributed by atoms with Crippen molar-refractivity contribution in [3.63, 3.8) is 0 Å². The number of hydrogen-bond acceptors (Lipinski definition) is 6. The average Bonchev–Trinajstić information content (AvgIpc) is 2.61. The van der Waals surface area contributed by atoms with E-state index >= 15 is 0 Å². The van der Waals surface area contributed by atoms with E-state index in [1.807, 2.05) is 41.3 Å². The quantitative estimate of drug-likeness (QED) is 0.827. The predicted octanol–water partition coefficient (Wildman–Crippen LogP) is 1.23. The van der Waals surface area contributed by atoms with Crippen LogP contribution >= 0.6 is 0 Å². The van der Waals surface area contributed by atoms with Gasteiger partial charge in [-0.05, 0) is 24.3 Å². The Hall–Kier alpha value is -2.19. The summed E-state index contributed by atoms with van der Waals surface area (Å²) in [5, 5.41) is 8.59. The van der Waals surface area contributed by atoms with Crippen molar-refractivity contribution in [1.29, 1.82) is 0 Å². The van der Waals surface area contributed by atoms with Crippen LogP contribution < -0.4 is 9.64 Å². The molecule has 24 heavy (non-hydrogen) atoms. The van der Waals surface area contributed by atoms with Gasteiger partial charge in [0, 0.05) is 31.7 Å². The van der Waals surface area contributed by atoms with Gasteiger partial charge in [0.1, 0.15) is 5.75 Å². The molecule has 0 N–H and O–H groups in total. The summed E-state index contributed by atoms with van der Waals surface area (Å²) in [4.78, 5) is 2.04. The van der Waals surface area contributed by atoms with Crippen LogP contribution in [0.3, 0.4) is 0 Å². The summed E-state index contributed by atoms with van der Waals surface area (Å²) in [6, 6.07) is 11.5. The lowest BCUT2D eigenvalue weighted by atomic mass is 10.1. The SMILES string of the molecule is COc1ccccc1-c1ccc(N2CCN(S(C)(=O)=O)CC2)nn1. The summed E-state index contributed by atoms with van der Waals surface area (Å²) < 4.78 is 30.0. The Morgan fingerprint density at radius 2 is 1.71 bits per heavy atom. The zero-order valence-electron chi connectivity index (χ0n) is 13.7. The fourth-order valence-corrected chi connectivity index (χ4v) is 3.57. The number of nitrogens with zero attached hydrogens (tertiary/aromatic N) is 4. The van der Waals surface area contributed by atoms with Gasteiger partial charge in [-0.25, -0.2) is 8.42 Å². The second kappa shape index (κ2) is 6.74. The number of anilines is 1. The fourth-order valence-electron chi connectivity index (χ4n) is 2.74. The highest BCUT2D eigenvalue weighted by atomic mass is 32.2. The zero-order valence-corrected chi connectivity index (χ0v) is 14.5. The van der Waals surface area contributed by atoms with Crippen LogP contribution in [-0.2, 0) is 10.0 Å². The first-order valence-corrected chi connectivity index (χ1v) is 9.51. The molecule has 0 spiro atoms. The third-order valence-corrected chi connectivity index (χ3v) is 5.37. The fraction of sp³-hybridized carbons (Fsp3) is 0.375. The van der Waals surface area contributed by atoms with E-state index in [4.69, 9.17) is 4.74 Å². The molecule has 0 radical (unpaired) electrons. The standard InChI is InChI=1S/C16H20N4O3S/c1-23-15-6-4-3-5-13(15)14-7-8-16(18-17-14)19-9-11-20(12-10-19)24(2,21)22/h3-8H,9-12H2,1-2H3. The molecule has 8 heteroatoms. The third kappa shape index (κ3) is 3.49. The van der Waals surface area contributed by atoms with Gasteiger partial charge in [-0.1, -0.05) is 12.1 Å². The topological polar surface area (TPSA) is 75.6 Å². The number of rotatable bonds is 4. The number of aromatic nitrogens is 2. The van der Waals surface area contributed by atoms with E-state index in [9.17, 15) is 8.42 Å². The predicted molar refractivity (Wildman–Crippen MR) is 92.6 cm³/mol. The van der Waals surface area contributed by atoms with E-state index in [1.165, 1.54) is 10.6 Å². The molecule has 0 atom stereocenters. The van der Waals surface area contributed by atoms with Crippen LogP contribution in [-0.4, -0.2) is 62.5 Å². The van der Waals surface area contributed by atoms with E-state index in [1.54, 1.807) is 7.11 Å². The Kier molecular flexibility index (Phi) is 4.68. The van der Waals surface area contributed by atoms with E-state index in [0.717, 1.165) is 22.8 Å². The molecule has 0 bridgehead atoms. The van der Waals surface area contributed by atoms with E-state index < -0.39 is 10.0 Å². The van der Waals surface area contributed by atoms with Gasteiger partial charge >= 0.3 is 0 Å². The van der Waals surface area contributed by atoms with Crippen molar-refractivity contribution in [3.05, 3.63) is 36.4 Å². The van der Waals surface area contributed by atoms with Crippen LogP contribution in [0.1, 0.15) is 0 Å². The van der Waals surface area contributed by atoms with Gasteiger partial charge in [0.25, 0.3) is 0 Å². The van der Waals surface area contributed by atoms with E-state index in [2.05, 4.69) is 10.2 Å². The summed E-state index contributed by atoms with van der Waals surface area (Å²) in [6.07, 6.45) is 1.24. The smallest absolute Gasteiger partial charge is 0.211 e. The molecule has 1 aromatic heterocycles. The lowest BCUT2D eigenvalue weighted by Gasteiger charge is -2.33.